The standard InChI is InChI=1S/C14H22FN3/c1-17-7-3-4-13(10-17)18(2)14-6-5-12(15)8-11(14)9-16/h5-6,8,13H,3-4,7,9-10,16H2,1-2H3. The van der Waals surface area contributed by atoms with E-state index in [4.69, 9.17) is 5.73 Å². The first-order chi connectivity index (χ1) is 8.61. The zero-order valence-electron chi connectivity index (χ0n) is 11.2. The molecule has 0 amide bonds. The Hall–Kier alpha value is -1.13. The maximum atomic E-state index is 13.2. The molecule has 4 heteroatoms. The maximum Gasteiger partial charge on any atom is 0.123 e. The Kier molecular flexibility index (Phi) is 4.19. The van der Waals surface area contributed by atoms with E-state index in [9.17, 15) is 4.39 Å². The van der Waals surface area contributed by atoms with Crippen LogP contribution in [0.15, 0.2) is 18.2 Å². The van der Waals surface area contributed by atoms with E-state index in [0.29, 0.717) is 12.6 Å². The highest BCUT2D eigenvalue weighted by Gasteiger charge is 2.22. The number of benzene rings is 1. The first kappa shape index (κ1) is 13.3. The van der Waals surface area contributed by atoms with Crippen LogP contribution < -0.4 is 10.6 Å². The molecule has 0 bridgehead atoms. The van der Waals surface area contributed by atoms with Crippen molar-refractivity contribution in [3.8, 4) is 0 Å². The summed E-state index contributed by atoms with van der Waals surface area (Å²) < 4.78 is 13.2. The van der Waals surface area contributed by atoms with Crippen LogP contribution >= 0.6 is 0 Å². The minimum Gasteiger partial charge on any atom is -0.370 e. The lowest BCUT2D eigenvalue weighted by Gasteiger charge is -2.37. The zero-order valence-corrected chi connectivity index (χ0v) is 11.2. The van der Waals surface area contributed by atoms with Crippen LogP contribution in [0.3, 0.4) is 0 Å². The summed E-state index contributed by atoms with van der Waals surface area (Å²) >= 11 is 0. The van der Waals surface area contributed by atoms with Crippen molar-refractivity contribution in [2.24, 2.45) is 5.73 Å². The average Bonchev–Trinajstić information content (AvgIpc) is 2.37. The molecular formula is C14H22FN3. The van der Waals surface area contributed by atoms with Crippen molar-refractivity contribution >= 4 is 5.69 Å². The van der Waals surface area contributed by atoms with Crippen LogP contribution in [0.4, 0.5) is 10.1 Å². The number of hydrogen-bond acceptors (Lipinski definition) is 3. The zero-order chi connectivity index (χ0) is 13.1. The van der Waals surface area contributed by atoms with Gasteiger partial charge in [0.2, 0.25) is 0 Å². The maximum absolute atomic E-state index is 13.2. The number of nitrogens with zero attached hydrogens (tertiary/aromatic N) is 2. The molecule has 1 atom stereocenters. The van der Waals surface area contributed by atoms with Crippen molar-refractivity contribution in [2.75, 3.05) is 32.1 Å². The van der Waals surface area contributed by atoms with Gasteiger partial charge in [-0.3, -0.25) is 0 Å². The monoisotopic (exact) mass is 251 g/mol. The van der Waals surface area contributed by atoms with Gasteiger partial charge in [-0.05, 0) is 50.2 Å². The second-order valence-corrected chi connectivity index (χ2v) is 5.15. The third kappa shape index (κ3) is 2.82. The summed E-state index contributed by atoms with van der Waals surface area (Å²) in [5, 5.41) is 0. The van der Waals surface area contributed by atoms with Crippen molar-refractivity contribution < 1.29 is 4.39 Å². The fourth-order valence-electron chi connectivity index (χ4n) is 2.71. The first-order valence-corrected chi connectivity index (χ1v) is 6.51. The van der Waals surface area contributed by atoms with Gasteiger partial charge < -0.3 is 15.5 Å². The Balaban J connectivity index is 2.19. The van der Waals surface area contributed by atoms with E-state index in [1.165, 1.54) is 18.9 Å². The Morgan fingerprint density at radius 2 is 2.28 bits per heavy atom. The third-order valence-electron chi connectivity index (χ3n) is 3.79. The van der Waals surface area contributed by atoms with Gasteiger partial charge in [-0.2, -0.15) is 0 Å². The van der Waals surface area contributed by atoms with Crippen LogP contribution in [-0.2, 0) is 6.54 Å². The molecule has 0 spiro atoms. The van der Waals surface area contributed by atoms with Gasteiger partial charge in [-0.25, -0.2) is 4.39 Å². The molecule has 0 radical (unpaired) electrons. The van der Waals surface area contributed by atoms with Crippen molar-refractivity contribution in [2.45, 2.75) is 25.4 Å². The summed E-state index contributed by atoms with van der Waals surface area (Å²) in [6.45, 7) is 2.59. The number of anilines is 1. The van der Waals surface area contributed by atoms with Gasteiger partial charge in [-0.1, -0.05) is 0 Å². The minimum atomic E-state index is -0.214. The Morgan fingerprint density at radius 3 is 2.94 bits per heavy atom. The molecule has 0 aromatic heterocycles. The summed E-state index contributed by atoms with van der Waals surface area (Å²) in [7, 11) is 4.23. The molecule has 1 saturated heterocycles. The van der Waals surface area contributed by atoms with Crippen molar-refractivity contribution in [3.63, 3.8) is 0 Å². The highest BCUT2D eigenvalue weighted by atomic mass is 19.1. The highest BCUT2D eigenvalue weighted by Crippen LogP contribution is 2.25. The smallest absolute Gasteiger partial charge is 0.123 e. The number of nitrogens with two attached hydrogens (primary N) is 1. The van der Waals surface area contributed by atoms with Gasteiger partial charge in [0.05, 0.1) is 0 Å². The molecule has 100 valence electrons. The summed E-state index contributed by atoms with van der Waals surface area (Å²) in [6.07, 6.45) is 2.40. The lowest BCUT2D eigenvalue weighted by Crippen LogP contribution is -2.45. The van der Waals surface area contributed by atoms with E-state index >= 15 is 0 Å². The SMILES string of the molecule is CN1CCCC(N(C)c2ccc(F)cc2CN)C1. The molecule has 1 aliphatic heterocycles. The number of likely N-dealkylation sites (tertiary alicyclic amines) is 1. The van der Waals surface area contributed by atoms with Crippen LogP contribution in [0.2, 0.25) is 0 Å². The summed E-state index contributed by atoms with van der Waals surface area (Å²) in [6, 6.07) is 5.38. The highest BCUT2D eigenvalue weighted by molar-refractivity contribution is 5.54. The molecule has 1 aromatic carbocycles. The predicted octanol–water partition coefficient (Wildman–Crippen LogP) is 1.81. The van der Waals surface area contributed by atoms with E-state index in [-0.39, 0.29) is 5.82 Å². The second kappa shape index (κ2) is 5.67. The fraction of sp³-hybridized carbons (Fsp3) is 0.571. The number of likely N-dealkylation sites (N-methyl/N-ethyl adjacent to an activating group) is 2. The fourth-order valence-corrected chi connectivity index (χ4v) is 2.71. The Morgan fingerprint density at radius 1 is 1.50 bits per heavy atom. The summed E-state index contributed by atoms with van der Waals surface area (Å²) in [4.78, 5) is 4.59. The van der Waals surface area contributed by atoms with Gasteiger partial charge in [0, 0.05) is 31.9 Å². The third-order valence-corrected chi connectivity index (χ3v) is 3.79. The van der Waals surface area contributed by atoms with Gasteiger partial charge in [-0.15, -0.1) is 0 Å². The Labute approximate surface area is 108 Å². The molecule has 1 aromatic rings. The van der Waals surface area contributed by atoms with Crippen LogP contribution in [0.5, 0.6) is 0 Å². The van der Waals surface area contributed by atoms with Crippen molar-refractivity contribution in [1.82, 2.24) is 4.90 Å². The minimum absolute atomic E-state index is 0.214. The van der Waals surface area contributed by atoms with E-state index in [0.717, 1.165) is 24.3 Å². The Bertz CT molecular complexity index is 408. The number of hydrogen-bond donors (Lipinski definition) is 1. The molecule has 0 aliphatic carbocycles. The predicted molar refractivity (Wildman–Crippen MR) is 73.2 cm³/mol. The number of halogens is 1. The van der Waals surface area contributed by atoms with Gasteiger partial charge in [0.15, 0.2) is 0 Å². The normalized spacial score (nSPS) is 21.0. The van der Waals surface area contributed by atoms with Crippen LogP contribution in [0.25, 0.3) is 0 Å². The van der Waals surface area contributed by atoms with Gasteiger partial charge in [0.25, 0.3) is 0 Å². The van der Waals surface area contributed by atoms with Crippen molar-refractivity contribution in [3.05, 3.63) is 29.6 Å². The topological polar surface area (TPSA) is 32.5 Å². The average molecular weight is 251 g/mol. The van der Waals surface area contributed by atoms with Gasteiger partial charge in [0.1, 0.15) is 5.82 Å². The summed E-state index contributed by atoms with van der Waals surface area (Å²) in [5.41, 5.74) is 7.65. The molecule has 18 heavy (non-hydrogen) atoms. The molecule has 1 heterocycles. The van der Waals surface area contributed by atoms with E-state index in [2.05, 4.69) is 23.9 Å². The van der Waals surface area contributed by atoms with E-state index in [1.807, 2.05) is 6.07 Å². The molecule has 1 unspecified atom stereocenters. The van der Waals surface area contributed by atoms with Crippen LogP contribution in [-0.4, -0.2) is 38.1 Å². The van der Waals surface area contributed by atoms with Crippen molar-refractivity contribution in [1.29, 1.82) is 0 Å². The first-order valence-electron chi connectivity index (χ1n) is 6.51. The molecule has 2 N–H and O–H groups in total. The molecular weight excluding hydrogens is 229 g/mol. The van der Waals surface area contributed by atoms with E-state index in [1.54, 1.807) is 6.07 Å². The van der Waals surface area contributed by atoms with Crippen LogP contribution in [0.1, 0.15) is 18.4 Å². The van der Waals surface area contributed by atoms with Crippen LogP contribution in [0, 0.1) is 5.82 Å². The molecule has 2 rings (SSSR count). The number of piperidine rings is 1. The van der Waals surface area contributed by atoms with E-state index < -0.39 is 0 Å². The quantitative estimate of drug-likeness (QED) is 0.889. The lowest BCUT2D eigenvalue weighted by molar-refractivity contribution is 0.248. The molecule has 1 fully saturated rings. The number of rotatable bonds is 3. The summed E-state index contributed by atoms with van der Waals surface area (Å²) in [5.74, 6) is -0.214. The molecule has 1 aliphatic rings. The largest absolute Gasteiger partial charge is 0.370 e. The van der Waals surface area contributed by atoms with Gasteiger partial charge >= 0.3 is 0 Å². The lowest BCUT2D eigenvalue weighted by atomic mass is 10.0. The molecule has 0 saturated carbocycles. The second-order valence-electron chi connectivity index (χ2n) is 5.15. The molecule has 3 nitrogen and oxygen atoms in total.